The Bertz CT molecular complexity index is 943. The molecule has 2 aromatic heterocycles. The number of amides is 1. The van der Waals surface area contributed by atoms with Crippen molar-refractivity contribution in [1.82, 2.24) is 20.5 Å². The fourth-order valence-electron chi connectivity index (χ4n) is 2.29. The molecule has 0 spiro atoms. The quantitative estimate of drug-likeness (QED) is 0.764. The predicted octanol–water partition coefficient (Wildman–Crippen LogP) is 1.97. The SMILES string of the molecule is Cc1cccc(-c2ccc(C(=O)NCc3nnc(C)o3)c(=O)[nH]2)c1. The van der Waals surface area contributed by atoms with Gasteiger partial charge in [-0.25, -0.2) is 0 Å². The van der Waals surface area contributed by atoms with E-state index in [0.717, 1.165) is 11.1 Å². The summed E-state index contributed by atoms with van der Waals surface area (Å²) in [4.78, 5) is 27.0. The Morgan fingerprint density at radius 3 is 2.71 bits per heavy atom. The van der Waals surface area contributed by atoms with E-state index in [1.165, 1.54) is 6.07 Å². The molecular weight excluding hydrogens is 308 g/mol. The highest BCUT2D eigenvalue weighted by Gasteiger charge is 2.12. The van der Waals surface area contributed by atoms with E-state index < -0.39 is 11.5 Å². The highest BCUT2D eigenvalue weighted by atomic mass is 16.4. The number of aryl methyl sites for hydroxylation is 2. The van der Waals surface area contributed by atoms with Gasteiger partial charge in [-0.05, 0) is 30.7 Å². The van der Waals surface area contributed by atoms with E-state index in [1.54, 1.807) is 13.0 Å². The van der Waals surface area contributed by atoms with Gasteiger partial charge in [-0.2, -0.15) is 0 Å². The maximum absolute atomic E-state index is 12.2. The highest BCUT2D eigenvalue weighted by molar-refractivity contribution is 5.93. The fraction of sp³-hybridized carbons (Fsp3) is 0.176. The van der Waals surface area contributed by atoms with Gasteiger partial charge < -0.3 is 14.7 Å². The van der Waals surface area contributed by atoms with Crippen molar-refractivity contribution in [3.63, 3.8) is 0 Å². The minimum atomic E-state index is -0.497. The lowest BCUT2D eigenvalue weighted by Crippen LogP contribution is -2.29. The number of nitrogens with one attached hydrogen (secondary N) is 2. The number of H-pyrrole nitrogens is 1. The van der Waals surface area contributed by atoms with E-state index in [0.29, 0.717) is 11.6 Å². The Morgan fingerprint density at radius 1 is 1.21 bits per heavy atom. The van der Waals surface area contributed by atoms with Gasteiger partial charge in [0, 0.05) is 12.6 Å². The molecule has 1 amide bonds. The Hall–Kier alpha value is -3.22. The molecule has 0 atom stereocenters. The third-order valence-electron chi connectivity index (χ3n) is 3.45. The molecule has 3 rings (SSSR count). The van der Waals surface area contributed by atoms with Gasteiger partial charge in [-0.15, -0.1) is 10.2 Å². The standard InChI is InChI=1S/C17H16N4O3/c1-10-4-3-5-12(8-10)14-7-6-13(17(23)19-14)16(22)18-9-15-21-20-11(2)24-15/h3-8H,9H2,1-2H3,(H,18,22)(H,19,23). The number of rotatable bonds is 4. The van der Waals surface area contributed by atoms with Crippen LogP contribution < -0.4 is 10.9 Å². The van der Waals surface area contributed by atoms with Crippen LogP contribution >= 0.6 is 0 Å². The average molecular weight is 324 g/mol. The van der Waals surface area contributed by atoms with Crippen LogP contribution in [0.2, 0.25) is 0 Å². The number of nitrogens with zero attached hydrogens (tertiary/aromatic N) is 2. The molecule has 122 valence electrons. The van der Waals surface area contributed by atoms with E-state index in [4.69, 9.17) is 4.42 Å². The smallest absolute Gasteiger partial charge is 0.261 e. The van der Waals surface area contributed by atoms with Crippen molar-refractivity contribution >= 4 is 5.91 Å². The molecule has 2 heterocycles. The summed E-state index contributed by atoms with van der Waals surface area (Å²) in [6.45, 7) is 3.70. The van der Waals surface area contributed by atoms with Gasteiger partial charge >= 0.3 is 0 Å². The third kappa shape index (κ3) is 3.40. The van der Waals surface area contributed by atoms with Crippen molar-refractivity contribution in [3.8, 4) is 11.3 Å². The van der Waals surface area contributed by atoms with Crippen molar-refractivity contribution in [2.75, 3.05) is 0 Å². The number of hydrogen-bond acceptors (Lipinski definition) is 5. The van der Waals surface area contributed by atoms with E-state index in [9.17, 15) is 9.59 Å². The van der Waals surface area contributed by atoms with Gasteiger partial charge in [0.25, 0.3) is 11.5 Å². The van der Waals surface area contributed by atoms with E-state index in [1.807, 2.05) is 31.2 Å². The molecule has 3 aromatic rings. The molecule has 0 fully saturated rings. The van der Waals surface area contributed by atoms with Crippen LogP contribution in [0.4, 0.5) is 0 Å². The number of carbonyl (C=O) groups excluding carboxylic acids is 1. The summed E-state index contributed by atoms with van der Waals surface area (Å²) in [5, 5.41) is 10.0. The number of pyridine rings is 1. The minimum absolute atomic E-state index is 0.0302. The summed E-state index contributed by atoms with van der Waals surface area (Å²) in [5.74, 6) is 0.205. The molecule has 0 saturated heterocycles. The van der Waals surface area contributed by atoms with Gasteiger partial charge in [0.1, 0.15) is 5.56 Å². The first-order valence-electron chi connectivity index (χ1n) is 7.40. The zero-order valence-corrected chi connectivity index (χ0v) is 13.3. The fourth-order valence-corrected chi connectivity index (χ4v) is 2.29. The van der Waals surface area contributed by atoms with Crippen molar-refractivity contribution in [3.05, 3.63) is 69.7 Å². The highest BCUT2D eigenvalue weighted by Crippen LogP contribution is 2.16. The van der Waals surface area contributed by atoms with Crippen LogP contribution in [-0.4, -0.2) is 21.1 Å². The lowest BCUT2D eigenvalue weighted by Gasteiger charge is -2.05. The van der Waals surface area contributed by atoms with Gasteiger partial charge in [-0.1, -0.05) is 23.8 Å². The first-order valence-corrected chi connectivity index (χ1v) is 7.40. The van der Waals surface area contributed by atoms with Gasteiger partial charge in [-0.3, -0.25) is 9.59 Å². The topological polar surface area (TPSA) is 101 Å². The summed E-state index contributed by atoms with van der Waals surface area (Å²) in [6.07, 6.45) is 0. The number of benzene rings is 1. The zero-order chi connectivity index (χ0) is 17.1. The van der Waals surface area contributed by atoms with Gasteiger partial charge in [0.15, 0.2) is 0 Å². The lowest BCUT2D eigenvalue weighted by molar-refractivity contribution is 0.0945. The van der Waals surface area contributed by atoms with Crippen molar-refractivity contribution < 1.29 is 9.21 Å². The molecule has 1 aromatic carbocycles. The first kappa shape index (κ1) is 15.7. The summed E-state index contributed by atoms with van der Waals surface area (Å²) < 4.78 is 5.17. The van der Waals surface area contributed by atoms with Crippen molar-refractivity contribution in [2.24, 2.45) is 0 Å². The number of carbonyl (C=O) groups is 1. The number of aromatic amines is 1. The molecule has 0 saturated carbocycles. The van der Waals surface area contributed by atoms with Gasteiger partial charge in [0.2, 0.25) is 11.8 Å². The van der Waals surface area contributed by atoms with Crippen LogP contribution in [0, 0.1) is 13.8 Å². The number of hydrogen-bond donors (Lipinski definition) is 2. The maximum Gasteiger partial charge on any atom is 0.261 e. The largest absolute Gasteiger partial charge is 0.424 e. The maximum atomic E-state index is 12.2. The Balaban J connectivity index is 1.77. The van der Waals surface area contributed by atoms with E-state index in [-0.39, 0.29) is 18.0 Å². The van der Waals surface area contributed by atoms with Crippen LogP contribution in [0.5, 0.6) is 0 Å². The molecule has 7 nitrogen and oxygen atoms in total. The molecule has 0 aliphatic carbocycles. The summed E-state index contributed by atoms with van der Waals surface area (Å²) in [6, 6.07) is 11.0. The summed E-state index contributed by atoms with van der Waals surface area (Å²) in [7, 11) is 0. The van der Waals surface area contributed by atoms with Crippen molar-refractivity contribution in [2.45, 2.75) is 20.4 Å². The molecule has 0 unspecified atom stereocenters. The second-order valence-corrected chi connectivity index (χ2v) is 5.38. The molecule has 0 radical (unpaired) electrons. The van der Waals surface area contributed by atoms with Crippen LogP contribution in [0.15, 0.2) is 45.6 Å². The molecular formula is C17H16N4O3. The second kappa shape index (κ2) is 6.49. The van der Waals surface area contributed by atoms with E-state index in [2.05, 4.69) is 20.5 Å². The van der Waals surface area contributed by atoms with Crippen LogP contribution in [0.25, 0.3) is 11.3 Å². The normalized spacial score (nSPS) is 10.6. The molecule has 0 aliphatic heterocycles. The summed E-state index contributed by atoms with van der Waals surface area (Å²) in [5.41, 5.74) is 2.22. The minimum Gasteiger partial charge on any atom is -0.424 e. The third-order valence-corrected chi connectivity index (χ3v) is 3.45. The van der Waals surface area contributed by atoms with E-state index >= 15 is 0 Å². The lowest BCUT2D eigenvalue weighted by atomic mass is 10.1. The molecule has 0 aliphatic rings. The van der Waals surface area contributed by atoms with Crippen LogP contribution in [-0.2, 0) is 6.54 Å². The molecule has 0 bridgehead atoms. The average Bonchev–Trinajstić information content (AvgIpc) is 2.98. The van der Waals surface area contributed by atoms with Crippen molar-refractivity contribution in [1.29, 1.82) is 0 Å². The Kier molecular flexibility index (Phi) is 4.24. The summed E-state index contributed by atoms with van der Waals surface area (Å²) >= 11 is 0. The monoisotopic (exact) mass is 324 g/mol. The Labute approximate surface area is 137 Å². The first-order chi connectivity index (χ1) is 11.5. The molecule has 7 heteroatoms. The zero-order valence-electron chi connectivity index (χ0n) is 13.3. The second-order valence-electron chi connectivity index (χ2n) is 5.38. The predicted molar refractivity (Wildman–Crippen MR) is 87.4 cm³/mol. The van der Waals surface area contributed by atoms with Gasteiger partial charge in [0.05, 0.1) is 6.54 Å². The molecule has 2 N–H and O–H groups in total. The molecule has 24 heavy (non-hydrogen) atoms. The van der Waals surface area contributed by atoms with Crippen LogP contribution in [0.1, 0.15) is 27.7 Å². The number of aromatic nitrogens is 3. The Morgan fingerprint density at radius 2 is 2.04 bits per heavy atom. The van der Waals surface area contributed by atoms with Crippen LogP contribution in [0.3, 0.4) is 0 Å².